The molecule has 0 radical (unpaired) electrons. The number of hydrogen-bond donors (Lipinski definition) is 1. The standard InChI is InChI=1S/C14H24N6O/c1-3-19(4-2)13-16-12(15-11-5-6-11)17-14(18-13)20-7-9-21-10-8-20/h11H,3-10H2,1-2H3,(H,15,16,17,18). The molecule has 1 aliphatic carbocycles. The number of morpholine rings is 1. The van der Waals surface area contributed by atoms with Gasteiger partial charge in [0, 0.05) is 32.2 Å². The van der Waals surface area contributed by atoms with Gasteiger partial charge in [-0.2, -0.15) is 15.0 Å². The molecule has 2 heterocycles. The lowest BCUT2D eigenvalue weighted by Gasteiger charge is -2.28. The SMILES string of the molecule is CCN(CC)c1nc(NC2CC2)nc(N2CCOCC2)n1. The van der Waals surface area contributed by atoms with Crippen molar-refractivity contribution in [3.63, 3.8) is 0 Å². The van der Waals surface area contributed by atoms with Gasteiger partial charge in [0.2, 0.25) is 17.8 Å². The average Bonchev–Trinajstić information content (AvgIpc) is 3.33. The summed E-state index contributed by atoms with van der Waals surface area (Å²) in [5.41, 5.74) is 0. The first-order valence-corrected chi connectivity index (χ1v) is 7.90. The Bertz CT molecular complexity index is 469. The number of ether oxygens (including phenoxy) is 1. The fourth-order valence-corrected chi connectivity index (χ4v) is 2.38. The maximum Gasteiger partial charge on any atom is 0.232 e. The van der Waals surface area contributed by atoms with E-state index in [1.54, 1.807) is 0 Å². The van der Waals surface area contributed by atoms with Crippen LogP contribution in [0.2, 0.25) is 0 Å². The van der Waals surface area contributed by atoms with Crippen LogP contribution >= 0.6 is 0 Å². The molecule has 3 rings (SSSR count). The molecule has 1 aromatic heterocycles. The van der Waals surface area contributed by atoms with Gasteiger partial charge in [0.25, 0.3) is 0 Å². The molecular formula is C14H24N6O. The Kier molecular flexibility index (Phi) is 4.38. The molecule has 7 heteroatoms. The number of aromatic nitrogens is 3. The Morgan fingerprint density at radius 3 is 2.48 bits per heavy atom. The minimum absolute atomic E-state index is 0.537. The van der Waals surface area contributed by atoms with Gasteiger partial charge in [0.05, 0.1) is 13.2 Å². The van der Waals surface area contributed by atoms with Crippen LogP contribution in [0, 0.1) is 0 Å². The van der Waals surface area contributed by atoms with Gasteiger partial charge < -0.3 is 19.9 Å². The summed E-state index contributed by atoms with van der Waals surface area (Å²) in [7, 11) is 0. The van der Waals surface area contributed by atoms with E-state index >= 15 is 0 Å². The van der Waals surface area contributed by atoms with E-state index in [1.165, 1.54) is 12.8 Å². The van der Waals surface area contributed by atoms with E-state index < -0.39 is 0 Å². The van der Waals surface area contributed by atoms with Crippen molar-refractivity contribution >= 4 is 17.8 Å². The fraction of sp³-hybridized carbons (Fsp3) is 0.786. The number of anilines is 3. The van der Waals surface area contributed by atoms with Gasteiger partial charge in [0.15, 0.2) is 0 Å². The zero-order valence-electron chi connectivity index (χ0n) is 12.9. The van der Waals surface area contributed by atoms with E-state index in [9.17, 15) is 0 Å². The van der Waals surface area contributed by atoms with Crippen LogP contribution in [0.5, 0.6) is 0 Å². The third-order valence-corrected chi connectivity index (χ3v) is 3.86. The number of rotatable bonds is 6. The van der Waals surface area contributed by atoms with Crippen LogP contribution in [-0.2, 0) is 4.74 Å². The molecule has 1 saturated carbocycles. The maximum absolute atomic E-state index is 5.41. The number of nitrogens with zero attached hydrogens (tertiary/aromatic N) is 5. The van der Waals surface area contributed by atoms with Crippen LogP contribution in [-0.4, -0.2) is 60.4 Å². The van der Waals surface area contributed by atoms with E-state index in [4.69, 9.17) is 4.74 Å². The summed E-state index contributed by atoms with van der Waals surface area (Å²) in [5.74, 6) is 2.23. The largest absolute Gasteiger partial charge is 0.378 e. The first kappa shape index (κ1) is 14.3. The molecule has 2 fully saturated rings. The molecule has 0 unspecified atom stereocenters. The summed E-state index contributed by atoms with van der Waals surface area (Å²) in [4.78, 5) is 18.2. The van der Waals surface area contributed by atoms with Crippen LogP contribution in [0.25, 0.3) is 0 Å². The van der Waals surface area contributed by atoms with Crippen LogP contribution in [0.4, 0.5) is 17.8 Å². The molecule has 21 heavy (non-hydrogen) atoms. The summed E-state index contributed by atoms with van der Waals surface area (Å²) >= 11 is 0. The molecule has 1 aliphatic heterocycles. The van der Waals surface area contributed by atoms with Gasteiger partial charge in [-0.05, 0) is 26.7 Å². The molecular weight excluding hydrogens is 268 g/mol. The van der Waals surface area contributed by atoms with Gasteiger partial charge in [-0.3, -0.25) is 0 Å². The van der Waals surface area contributed by atoms with Crippen molar-refractivity contribution in [1.82, 2.24) is 15.0 Å². The maximum atomic E-state index is 5.41. The lowest BCUT2D eigenvalue weighted by molar-refractivity contribution is 0.122. The highest BCUT2D eigenvalue weighted by Gasteiger charge is 2.24. The third-order valence-electron chi connectivity index (χ3n) is 3.86. The first-order valence-electron chi connectivity index (χ1n) is 7.90. The van der Waals surface area contributed by atoms with Crippen molar-refractivity contribution in [2.45, 2.75) is 32.7 Å². The van der Waals surface area contributed by atoms with Crippen molar-refractivity contribution in [3.8, 4) is 0 Å². The van der Waals surface area contributed by atoms with Gasteiger partial charge in [-0.15, -0.1) is 0 Å². The summed E-state index contributed by atoms with van der Waals surface area (Å²) in [6.45, 7) is 9.17. The molecule has 1 aromatic rings. The minimum Gasteiger partial charge on any atom is -0.378 e. The highest BCUT2D eigenvalue weighted by molar-refractivity contribution is 5.46. The Balaban J connectivity index is 1.87. The smallest absolute Gasteiger partial charge is 0.232 e. The lowest BCUT2D eigenvalue weighted by Crippen LogP contribution is -2.38. The molecule has 2 aliphatic rings. The molecule has 0 spiro atoms. The van der Waals surface area contributed by atoms with Gasteiger partial charge in [-0.1, -0.05) is 0 Å². The first-order chi connectivity index (χ1) is 10.3. The summed E-state index contributed by atoms with van der Waals surface area (Å²) in [5, 5.41) is 3.39. The van der Waals surface area contributed by atoms with Crippen molar-refractivity contribution in [2.75, 3.05) is 54.5 Å². The molecule has 0 amide bonds. The predicted octanol–water partition coefficient (Wildman–Crippen LogP) is 1.13. The Hall–Kier alpha value is -1.63. The van der Waals surface area contributed by atoms with Crippen LogP contribution < -0.4 is 15.1 Å². The second-order valence-corrected chi connectivity index (χ2v) is 5.45. The Labute approximate surface area is 125 Å². The topological polar surface area (TPSA) is 66.4 Å². The molecule has 7 nitrogen and oxygen atoms in total. The van der Waals surface area contributed by atoms with Crippen molar-refractivity contribution in [1.29, 1.82) is 0 Å². The van der Waals surface area contributed by atoms with Crippen molar-refractivity contribution < 1.29 is 4.74 Å². The average molecular weight is 292 g/mol. The molecule has 1 saturated heterocycles. The predicted molar refractivity (Wildman–Crippen MR) is 83.1 cm³/mol. The van der Waals surface area contributed by atoms with Gasteiger partial charge in [0.1, 0.15) is 0 Å². The summed E-state index contributed by atoms with van der Waals surface area (Å²) < 4.78 is 5.41. The van der Waals surface area contributed by atoms with E-state index in [2.05, 4.69) is 43.9 Å². The van der Waals surface area contributed by atoms with Gasteiger partial charge in [-0.25, -0.2) is 0 Å². The van der Waals surface area contributed by atoms with E-state index in [-0.39, 0.29) is 0 Å². The molecule has 116 valence electrons. The number of hydrogen-bond acceptors (Lipinski definition) is 7. The van der Waals surface area contributed by atoms with Crippen LogP contribution in [0.15, 0.2) is 0 Å². The van der Waals surface area contributed by atoms with Crippen LogP contribution in [0.1, 0.15) is 26.7 Å². The summed E-state index contributed by atoms with van der Waals surface area (Å²) in [6.07, 6.45) is 2.42. The van der Waals surface area contributed by atoms with E-state index in [0.29, 0.717) is 12.0 Å². The normalized spacial score (nSPS) is 18.7. The Morgan fingerprint density at radius 2 is 1.86 bits per heavy atom. The highest BCUT2D eigenvalue weighted by Crippen LogP contribution is 2.25. The molecule has 0 aromatic carbocycles. The zero-order chi connectivity index (χ0) is 14.7. The fourth-order valence-electron chi connectivity index (χ4n) is 2.38. The minimum atomic E-state index is 0.537. The highest BCUT2D eigenvalue weighted by atomic mass is 16.5. The second-order valence-electron chi connectivity index (χ2n) is 5.45. The van der Waals surface area contributed by atoms with Crippen molar-refractivity contribution in [2.24, 2.45) is 0 Å². The molecule has 0 bridgehead atoms. The quantitative estimate of drug-likeness (QED) is 0.843. The molecule has 1 N–H and O–H groups in total. The zero-order valence-corrected chi connectivity index (χ0v) is 12.9. The van der Waals surface area contributed by atoms with Gasteiger partial charge >= 0.3 is 0 Å². The van der Waals surface area contributed by atoms with Crippen molar-refractivity contribution in [3.05, 3.63) is 0 Å². The van der Waals surface area contributed by atoms with Crippen LogP contribution in [0.3, 0.4) is 0 Å². The van der Waals surface area contributed by atoms with E-state index in [0.717, 1.165) is 51.3 Å². The monoisotopic (exact) mass is 292 g/mol. The lowest BCUT2D eigenvalue weighted by atomic mass is 10.4. The second kappa shape index (κ2) is 6.43. The third kappa shape index (κ3) is 3.53. The summed E-state index contributed by atoms with van der Waals surface area (Å²) in [6, 6.07) is 0.537. The Morgan fingerprint density at radius 1 is 1.14 bits per heavy atom. The molecule has 0 atom stereocenters. The number of nitrogens with one attached hydrogen (secondary N) is 1. The van der Waals surface area contributed by atoms with E-state index in [1.807, 2.05) is 0 Å².